The van der Waals surface area contributed by atoms with Crippen LogP contribution >= 0.6 is 0 Å². The summed E-state index contributed by atoms with van der Waals surface area (Å²) in [5.74, 6) is 0.586. The molecule has 0 aliphatic carbocycles. The second kappa shape index (κ2) is 6.36. The van der Waals surface area contributed by atoms with E-state index in [1.165, 1.54) is 12.4 Å². The minimum absolute atomic E-state index is 0.151. The third kappa shape index (κ3) is 4.16. The molecule has 0 spiro atoms. The van der Waals surface area contributed by atoms with Crippen LogP contribution in [0.3, 0.4) is 0 Å². The van der Waals surface area contributed by atoms with Gasteiger partial charge < -0.3 is 20.4 Å². The first-order valence-corrected chi connectivity index (χ1v) is 5.95. The summed E-state index contributed by atoms with van der Waals surface area (Å²) in [6.07, 6.45) is 3.90. The second-order valence-electron chi connectivity index (χ2n) is 4.04. The fourth-order valence-electron chi connectivity index (χ4n) is 1.83. The lowest BCUT2D eigenvalue weighted by Gasteiger charge is -2.22. The molecule has 1 aliphatic heterocycles. The van der Waals surface area contributed by atoms with Crippen molar-refractivity contribution in [3.05, 3.63) is 22.7 Å². The Labute approximate surface area is 99.8 Å². The average molecular weight is 238 g/mol. The maximum atomic E-state index is 11.0. The van der Waals surface area contributed by atoms with Crippen molar-refractivity contribution in [2.24, 2.45) is 0 Å². The van der Waals surface area contributed by atoms with Crippen LogP contribution in [0.25, 0.3) is 0 Å². The summed E-state index contributed by atoms with van der Waals surface area (Å²) in [7, 11) is 0. The first kappa shape index (κ1) is 12.1. The first-order chi connectivity index (χ1) is 8.34. The van der Waals surface area contributed by atoms with Crippen LogP contribution in [0.4, 0.5) is 5.82 Å². The third-order valence-electron chi connectivity index (χ3n) is 2.73. The molecule has 0 aromatic carbocycles. The number of anilines is 1. The largest absolute Gasteiger partial charge is 0.376 e. The second-order valence-corrected chi connectivity index (χ2v) is 4.04. The molecule has 0 radical (unpaired) electrons. The van der Waals surface area contributed by atoms with Gasteiger partial charge in [0.25, 0.3) is 5.56 Å². The number of piperidine rings is 1. The van der Waals surface area contributed by atoms with Gasteiger partial charge in [0.15, 0.2) is 0 Å². The van der Waals surface area contributed by atoms with Crippen molar-refractivity contribution in [3.63, 3.8) is 0 Å². The molecule has 1 aromatic heterocycles. The number of ether oxygens (including phenoxy) is 1. The van der Waals surface area contributed by atoms with Gasteiger partial charge in [-0.25, -0.2) is 4.98 Å². The quantitative estimate of drug-likeness (QED) is 0.627. The van der Waals surface area contributed by atoms with Crippen molar-refractivity contribution < 1.29 is 4.74 Å². The van der Waals surface area contributed by atoms with E-state index in [2.05, 4.69) is 20.6 Å². The highest BCUT2D eigenvalue weighted by Gasteiger charge is 2.12. The topological polar surface area (TPSA) is 79.0 Å². The number of nitrogens with one attached hydrogen (secondary N) is 3. The SMILES string of the molecule is O=c1cc(NCCOC2CCNCC2)nc[nH]1. The van der Waals surface area contributed by atoms with Gasteiger partial charge in [-0.05, 0) is 25.9 Å². The molecule has 1 fully saturated rings. The molecule has 2 rings (SSSR count). The normalized spacial score (nSPS) is 16.9. The molecule has 0 saturated carbocycles. The zero-order valence-corrected chi connectivity index (χ0v) is 9.74. The van der Waals surface area contributed by atoms with E-state index in [1.54, 1.807) is 0 Å². The molecular formula is C11H18N4O2. The molecule has 17 heavy (non-hydrogen) atoms. The van der Waals surface area contributed by atoms with Gasteiger partial charge in [-0.3, -0.25) is 4.79 Å². The van der Waals surface area contributed by atoms with Gasteiger partial charge in [0.05, 0.1) is 19.0 Å². The Bertz CT molecular complexity index is 387. The van der Waals surface area contributed by atoms with Crippen LogP contribution in [0, 0.1) is 0 Å². The van der Waals surface area contributed by atoms with Crippen LogP contribution < -0.4 is 16.2 Å². The molecule has 0 unspecified atom stereocenters. The Morgan fingerprint density at radius 1 is 1.47 bits per heavy atom. The molecule has 3 N–H and O–H groups in total. The standard InChI is InChI=1S/C11H18N4O2/c16-11-7-10(14-8-15-11)13-5-6-17-9-1-3-12-4-2-9/h7-9,12H,1-6H2,(H2,13,14,15,16). The van der Waals surface area contributed by atoms with Crippen LogP contribution in [-0.4, -0.2) is 42.3 Å². The number of hydrogen-bond acceptors (Lipinski definition) is 5. The van der Waals surface area contributed by atoms with Crippen LogP contribution in [0.2, 0.25) is 0 Å². The molecule has 1 saturated heterocycles. The molecule has 1 aromatic rings. The van der Waals surface area contributed by atoms with Gasteiger partial charge in [-0.15, -0.1) is 0 Å². The number of H-pyrrole nitrogens is 1. The minimum atomic E-state index is -0.151. The number of hydrogen-bond donors (Lipinski definition) is 3. The smallest absolute Gasteiger partial charge is 0.252 e. The summed E-state index contributed by atoms with van der Waals surface area (Å²) in [6.45, 7) is 3.38. The molecule has 1 aliphatic rings. The molecule has 0 amide bonds. The zero-order chi connectivity index (χ0) is 11.9. The van der Waals surface area contributed by atoms with E-state index >= 15 is 0 Å². The van der Waals surface area contributed by atoms with Crippen molar-refractivity contribution in [3.8, 4) is 0 Å². The Kier molecular flexibility index (Phi) is 4.52. The number of nitrogens with zero attached hydrogens (tertiary/aromatic N) is 1. The predicted octanol–water partition coefficient (Wildman–Crippen LogP) is -0.0496. The number of aromatic amines is 1. The maximum absolute atomic E-state index is 11.0. The molecular weight excluding hydrogens is 220 g/mol. The Morgan fingerprint density at radius 2 is 2.29 bits per heavy atom. The number of aromatic nitrogens is 2. The molecule has 0 bridgehead atoms. The maximum Gasteiger partial charge on any atom is 0.252 e. The summed E-state index contributed by atoms with van der Waals surface area (Å²) in [5, 5.41) is 6.35. The highest BCUT2D eigenvalue weighted by Crippen LogP contribution is 2.06. The van der Waals surface area contributed by atoms with E-state index in [-0.39, 0.29) is 5.56 Å². The minimum Gasteiger partial charge on any atom is -0.376 e. The van der Waals surface area contributed by atoms with E-state index in [0.29, 0.717) is 25.1 Å². The van der Waals surface area contributed by atoms with Crippen LogP contribution in [-0.2, 0) is 4.74 Å². The van der Waals surface area contributed by atoms with E-state index in [9.17, 15) is 4.79 Å². The average Bonchev–Trinajstić information content (AvgIpc) is 2.36. The van der Waals surface area contributed by atoms with Gasteiger partial charge >= 0.3 is 0 Å². The summed E-state index contributed by atoms with van der Waals surface area (Å²) >= 11 is 0. The fraction of sp³-hybridized carbons (Fsp3) is 0.636. The van der Waals surface area contributed by atoms with Gasteiger partial charge in [0.2, 0.25) is 0 Å². The van der Waals surface area contributed by atoms with E-state index in [4.69, 9.17) is 4.74 Å². The Morgan fingerprint density at radius 3 is 3.06 bits per heavy atom. The van der Waals surface area contributed by atoms with Crippen LogP contribution in [0.5, 0.6) is 0 Å². The van der Waals surface area contributed by atoms with Crippen molar-refractivity contribution in [1.82, 2.24) is 15.3 Å². The van der Waals surface area contributed by atoms with Gasteiger partial charge in [0, 0.05) is 12.6 Å². The summed E-state index contributed by atoms with van der Waals surface area (Å²) in [6, 6.07) is 1.44. The highest BCUT2D eigenvalue weighted by atomic mass is 16.5. The third-order valence-corrected chi connectivity index (χ3v) is 2.73. The van der Waals surface area contributed by atoms with Crippen LogP contribution in [0.1, 0.15) is 12.8 Å². The van der Waals surface area contributed by atoms with Gasteiger partial charge in [-0.2, -0.15) is 0 Å². The summed E-state index contributed by atoms with van der Waals surface area (Å²) in [5.41, 5.74) is -0.151. The summed E-state index contributed by atoms with van der Waals surface area (Å²) < 4.78 is 5.72. The summed E-state index contributed by atoms with van der Waals surface area (Å²) in [4.78, 5) is 17.5. The highest BCUT2D eigenvalue weighted by molar-refractivity contribution is 5.31. The van der Waals surface area contributed by atoms with Gasteiger partial charge in [0.1, 0.15) is 5.82 Å². The van der Waals surface area contributed by atoms with E-state index in [1.807, 2.05) is 0 Å². The van der Waals surface area contributed by atoms with Crippen molar-refractivity contribution in [2.45, 2.75) is 18.9 Å². The monoisotopic (exact) mass is 238 g/mol. The lowest BCUT2D eigenvalue weighted by molar-refractivity contribution is 0.0394. The lowest BCUT2D eigenvalue weighted by Crippen LogP contribution is -2.33. The lowest BCUT2D eigenvalue weighted by atomic mass is 10.1. The van der Waals surface area contributed by atoms with Gasteiger partial charge in [-0.1, -0.05) is 0 Å². The fourth-order valence-corrected chi connectivity index (χ4v) is 1.83. The van der Waals surface area contributed by atoms with E-state index in [0.717, 1.165) is 25.9 Å². The molecule has 0 atom stereocenters. The molecule has 94 valence electrons. The Hall–Kier alpha value is -1.40. The van der Waals surface area contributed by atoms with Crippen molar-refractivity contribution in [2.75, 3.05) is 31.6 Å². The zero-order valence-electron chi connectivity index (χ0n) is 9.74. The Balaban J connectivity index is 1.64. The predicted molar refractivity (Wildman–Crippen MR) is 65.2 cm³/mol. The number of rotatable bonds is 5. The first-order valence-electron chi connectivity index (χ1n) is 5.95. The van der Waals surface area contributed by atoms with Crippen molar-refractivity contribution in [1.29, 1.82) is 0 Å². The van der Waals surface area contributed by atoms with E-state index < -0.39 is 0 Å². The molecule has 6 nitrogen and oxygen atoms in total. The molecule has 6 heteroatoms. The molecule has 2 heterocycles. The van der Waals surface area contributed by atoms with Crippen LogP contribution in [0.15, 0.2) is 17.2 Å². The van der Waals surface area contributed by atoms with Crippen molar-refractivity contribution >= 4 is 5.82 Å².